The van der Waals surface area contributed by atoms with Crippen LogP contribution < -0.4 is 10.1 Å². The third kappa shape index (κ3) is 5.89. The average Bonchev–Trinajstić information content (AvgIpc) is 3.39. The van der Waals surface area contributed by atoms with E-state index in [0.717, 1.165) is 17.7 Å². The van der Waals surface area contributed by atoms with Crippen molar-refractivity contribution in [1.29, 1.82) is 0 Å². The van der Waals surface area contributed by atoms with Crippen molar-refractivity contribution in [2.75, 3.05) is 24.8 Å². The smallest absolute Gasteiger partial charge is 0.341 e. The molecule has 0 bridgehead atoms. The molecule has 0 atom stereocenters. The largest absolute Gasteiger partial charge is 0.497 e. The van der Waals surface area contributed by atoms with Gasteiger partial charge in [0.25, 0.3) is 0 Å². The Morgan fingerprint density at radius 1 is 1.31 bits per heavy atom. The molecule has 0 spiro atoms. The van der Waals surface area contributed by atoms with Gasteiger partial charge < -0.3 is 14.8 Å². The Morgan fingerprint density at radius 2 is 2.12 bits per heavy atom. The van der Waals surface area contributed by atoms with Gasteiger partial charge in [0.1, 0.15) is 17.1 Å². The number of aromatic nitrogens is 3. The maximum absolute atomic E-state index is 12.7. The van der Waals surface area contributed by atoms with Crippen molar-refractivity contribution in [2.24, 2.45) is 5.92 Å². The third-order valence-electron chi connectivity index (χ3n) is 4.41. The fourth-order valence-corrected chi connectivity index (χ4v) is 4.76. The number of hydrogen-bond acceptors (Lipinski definition) is 8. The van der Waals surface area contributed by atoms with Gasteiger partial charge in [0.2, 0.25) is 5.91 Å². The molecule has 170 valence electrons. The highest BCUT2D eigenvalue weighted by atomic mass is 32.2. The van der Waals surface area contributed by atoms with Gasteiger partial charge in [0.15, 0.2) is 5.16 Å². The zero-order valence-electron chi connectivity index (χ0n) is 18.5. The lowest BCUT2D eigenvalue weighted by Crippen LogP contribution is -2.17. The van der Waals surface area contributed by atoms with Crippen molar-refractivity contribution < 1.29 is 19.1 Å². The number of amides is 1. The second-order valence-electron chi connectivity index (χ2n) is 7.31. The van der Waals surface area contributed by atoms with E-state index in [-0.39, 0.29) is 18.3 Å². The molecule has 1 N–H and O–H groups in total. The van der Waals surface area contributed by atoms with Crippen LogP contribution in [0.1, 0.15) is 36.7 Å². The SMILES string of the molecule is CCOC(=O)c1c(CC(C)C)csc1NC(=O)CSc1nncn1-c1cccc(OC)c1. The van der Waals surface area contributed by atoms with Crippen molar-refractivity contribution in [3.63, 3.8) is 0 Å². The molecule has 0 radical (unpaired) electrons. The maximum Gasteiger partial charge on any atom is 0.341 e. The summed E-state index contributed by atoms with van der Waals surface area (Å²) < 4.78 is 12.3. The van der Waals surface area contributed by atoms with E-state index < -0.39 is 5.97 Å². The number of nitrogens with one attached hydrogen (secondary N) is 1. The zero-order valence-corrected chi connectivity index (χ0v) is 20.1. The first-order valence-corrected chi connectivity index (χ1v) is 12.0. The first kappa shape index (κ1) is 23.8. The van der Waals surface area contributed by atoms with Gasteiger partial charge in [-0.2, -0.15) is 0 Å². The predicted molar refractivity (Wildman–Crippen MR) is 126 cm³/mol. The summed E-state index contributed by atoms with van der Waals surface area (Å²) in [7, 11) is 1.60. The quantitative estimate of drug-likeness (QED) is 0.343. The van der Waals surface area contributed by atoms with Crippen molar-refractivity contribution in [2.45, 2.75) is 32.3 Å². The summed E-state index contributed by atoms with van der Waals surface area (Å²) in [5.41, 5.74) is 2.17. The van der Waals surface area contributed by atoms with Gasteiger partial charge >= 0.3 is 5.97 Å². The van der Waals surface area contributed by atoms with E-state index in [1.54, 1.807) is 24.9 Å². The lowest BCUT2D eigenvalue weighted by molar-refractivity contribution is -0.113. The van der Waals surface area contributed by atoms with Gasteiger partial charge in [-0.3, -0.25) is 9.36 Å². The Morgan fingerprint density at radius 3 is 2.84 bits per heavy atom. The van der Waals surface area contributed by atoms with Crippen LogP contribution in [0.2, 0.25) is 0 Å². The van der Waals surface area contributed by atoms with Gasteiger partial charge in [-0.05, 0) is 42.3 Å². The molecule has 0 fully saturated rings. The molecule has 0 saturated carbocycles. The zero-order chi connectivity index (χ0) is 23.1. The highest BCUT2D eigenvalue weighted by Gasteiger charge is 2.22. The number of carbonyl (C=O) groups excluding carboxylic acids is 2. The van der Waals surface area contributed by atoms with Crippen molar-refractivity contribution in [3.8, 4) is 11.4 Å². The van der Waals surface area contributed by atoms with Crippen LogP contribution in [0.3, 0.4) is 0 Å². The van der Waals surface area contributed by atoms with Crippen LogP contribution in [-0.2, 0) is 16.0 Å². The van der Waals surface area contributed by atoms with Crippen LogP contribution in [0.5, 0.6) is 5.75 Å². The molecule has 0 unspecified atom stereocenters. The second kappa shape index (κ2) is 11.1. The monoisotopic (exact) mass is 474 g/mol. The topological polar surface area (TPSA) is 95.3 Å². The third-order valence-corrected chi connectivity index (χ3v) is 6.30. The lowest BCUT2D eigenvalue weighted by atomic mass is 10.0. The van der Waals surface area contributed by atoms with E-state index in [0.29, 0.717) is 27.4 Å². The van der Waals surface area contributed by atoms with Crippen LogP contribution in [-0.4, -0.2) is 46.1 Å². The van der Waals surface area contributed by atoms with Crippen molar-refractivity contribution in [3.05, 3.63) is 47.1 Å². The molecule has 0 aliphatic heterocycles. The van der Waals surface area contributed by atoms with Crippen molar-refractivity contribution in [1.82, 2.24) is 14.8 Å². The predicted octanol–water partition coefficient (Wildman–Crippen LogP) is 4.44. The van der Waals surface area contributed by atoms with Crippen LogP contribution in [0.25, 0.3) is 5.69 Å². The van der Waals surface area contributed by atoms with Crippen molar-refractivity contribution >= 4 is 40.0 Å². The molecule has 8 nitrogen and oxygen atoms in total. The number of ether oxygens (including phenoxy) is 2. The van der Waals surface area contributed by atoms with Gasteiger partial charge in [0, 0.05) is 6.07 Å². The first-order chi connectivity index (χ1) is 15.4. The van der Waals surface area contributed by atoms with Gasteiger partial charge in [-0.15, -0.1) is 21.5 Å². The number of carbonyl (C=O) groups is 2. The molecular weight excluding hydrogens is 448 g/mol. The molecule has 0 saturated heterocycles. The summed E-state index contributed by atoms with van der Waals surface area (Å²) in [5.74, 6) is 0.553. The fraction of sp³-hybridized carbons (Fsp3) is 0.364. The Hall–Kier alpha value is -2.85. The number of thioether (sulfide) groups is 1. The molecule has 3 rings (SSSR count). The number of nitrogens with zero attached hydrogens (tertiary/aromatic N) is 3. The minimum atomic E-state index is -0.412. The molecule has 2 heterocycles. The Labute approximate surface area is 195 Å². The maximum atomic E-state index is 12.7. The minimum Gasteiger partial charge on any atom is -0.497 e. The van der Waals surface area contributed by atoms with E-state index >= 15 is 0 Å². The Bertz CT molecular complexity index is 1080. The number of esters is 1. The number of methoxy groups -OCH3 is 1. The second-order valence-corrected chi connectivity index (χ2v) is 9.13. The summed E-state index contributed by atoms with van der Waals surface area (Å²) in [6, 6.07) is 7.49. The summed E-state index contributed by atoms with van der Waals surface area (Å²) in [4.78, 5) is 25.2. The van der Waals surface area contributed by atoms with Crippen LogP contribution in [0.15, 0.2) is 41.1 Å². The van der Waals surface area contributed by atoms with E-state index in [4.69, 9.17) is 9.47 Å². The summed E-state index contributed by atoms with van der Waals surface area (Å²) >= 11 is 2.60. The highest BCUT2D eigenvalue weighted by Crippen LogP contribution is 2.31. The molecule has 1 amide bonds. The number of thiophene rings is 1. The highest BCUT2D eigenvalue weighted by molar-refractivity contribution is 7.99. The standard InChI is InChI=1S/C22H26N4O4S2/c1-5-30-21(28)19-15(9-14(2)3)11-31-20(19)24-18(27)12-32-22-25-23-13-26(22)16-7-6-8-17(10-16)29-4/h6-8,10-11,13-14H,5,9,12H2,1-4H3,(H,24,27). The van der Waals surface area contributed by atoms with E-state index in [1.807, 2.05) is 29.6 Å². The average molecular weight is 475 g/mol. The first-order valence-electron chi connectivity index (χ1n) is 10.2. The van der Waals surface area contributed by atoms with Crippen LogP contribution in [0.4, 0.5) is 5.00 Å². The lowest BCUT2D eigenvalue weighted by Gasteiger charge is -2.10. The molecule has 0 aliphatic carbocycles. The minimum absolute atomic E-state index is 0.113. The molecule has 1 aromatic carbocycles. The Kier molecular flexibility index (Phi) is 8.29. The number of benzene rings is 1. The van der Waals surface area contributed by atoms with E-state index in [9.17, 15) is 9.59 Å². The number of anilines is 1. The molecule has 3 aromatic rings. The molecular formula is C22H26N4O4S2. The van der Waals surface area contributed by atoms with Crippen LogP contribution in [0, 0.1) is 5.92 Å². The van der Waals surface area contributed by atoms with Gasteiger partial charge in [0.05, 0.1) is 30.7 Å². The summed E-state index contributed by atoms with van der Waals surface area (Å²) in [6.45, 7) is 6.21. The molecule has 10 heteroatoms. The molecule has 32 heavy (non-hydrogen) atoms. The van der Waals surface area contributed by atoms with Gasteiger partial charge in [-0.1, -0.05) is 31.7 Å². The molecule has 2 aromatic heterocycles. The summed E-state index contributed by atoms with van der Waals surface area (Å²) in [6.07, 6.45) is 2.32. The summed E-state index contributed by atoms with van der Waals surface area (Å²) in [5, 5.41) is 13.9. The van der Waals surface area contributed by atoms with Gasteiger partial charge in [-0.25, -0.2) is 4.79 Å². The Balaban J connectivity index is 1.70. The van der Waals surface area contributed by atoms with E-state index in [1.165, 1.54) is 23.1 Å². The number of rotatable bonds is 10. The van der Waals surface area contributed by atoms with Crippen LogP contribution >= 0.6 is 23.1 Å². The number of hydrogen-bond donors (Lipinski definition) is 1. The fourth-order valence-electron chi connectivity index (χ4n) is 3.06. The molecule has 0 aliphatic rings. The normalized spacial score (nSPS) is 10.9. The van der Waals surface area contributed by atoms with E-state index in [2.05, 4.69) is 29.4 Å².